The molecule has 0 amide bonds. The number of oxime groups is 1. The number of hydrogen-bond acceptors (Lipinski definition) is 4. The average Bonchev–Trinajstić information content (AvgIpc) is 2.18. The van der Waals surface area contributed by atoms with E-state index in [1.165, 1.54) is 0 Å². The van der Waals surface area contributed by atoms with Crippen molar-refractivity contribution in [3.63, 3.8) is 0 Å². The molecule has 0 saturated heterocycles. The van der Waals surface area contributed by atoms with Crippen molar-refractivity contribution in [2.45, 2.75) is 13.3 Å². The summed E-state index contributed by atoms with van der Waals surface area (Å²) < 4.78 is 0. The molecule has 0 spiro atoms. The lowest BCUT2D eigenvalue weighted by molar-refractivity contribution is -0.148. The molecule has 1 atom stereocenters. The Morgan fingerprint density at radius 1 is 1.82 bits per heavy atom. The fourth-order valence-electron chi connectivity index (χ4n) is 0.820. The number of nitrogens with zero attached hydrogens (tertiary/aromatic N) is 1. The van der Waals surface area contributed by atoms with Gasteiger partial charge < -0.3 is 9.94 Å². The predicted molar refractivity (Wildman–Crippen MR) is 34.9 cm³/mol. The predicted octanol–water partition coefficient (Wildman–Crippen LogP) is 0.0100. The Balaban J connectivity index is 2.63. The van der Waals surface area contributed by atoms with Crippen LogP contribution >= 0.6 is 0 Å². The largest absolute Gasteiger partial charge is 0.481 e. The number of carboxylic acid groups (broad SMARTS) is 1. The summed E-state index contributed by atoms with van der Waals surface area (Å²) in [6, 6.07) is 0. The molecule has 5 heteroatoms. The van der Waals surface area contributed by atoms with Gasteiger partial charge in [0.05, 0.1) is 12.1 Å². The van der Waals surface area contributed by atoms with Crippen LogP contribution < -0.4 is 0 Å². The van der Waals surface area contributed by atoms with Crippen LogP contribution in [0.5, 0.6) is 0 Å². The molecule has 0 aliphatic carbocycles. The Morgan fingerprint density at radius 2 is 2.45 bits per heavy atom. The maximum Gasteiger partial charge on any atom is 0.344 e. The summed E-state index contributed by atoms with van der Waals surface area (Å²) in [7, 11) is 0. The van der Waals surface area contributed by atoms with Crippen molar-refractivity contribution in [2.75, 3.05) is 0 Å². The molecule has 0 radical (unpaired) electrons. The molecule has 0 bridgehead atoms. The van der Waals surface area contributed by atoms with E-state index < -0.39 is 17.9 Å². The minimum atomic E-state index is -1.02. The van der Waals surface area contributed by atoms with Gasteiger partial charge in [-0.2, -0.15) is 0 Å². The minimum absolute atomic E-state index is 0.242. The first-order chi connectivity index (χ1) is 5.11. The molecule has 0 aromatic heterocycles. The van der Waals surface area contributed by atoms with Crippen molar-refractivity contribution in [1.29, 1.82) is 0 Å². The van der Waals surface area contributed by atoms with Crippen molar-refractivity contribution in [1.82, 2.24) is 0 Å². The maximum absolute atomic E-state index is 10.7. The molecule has 1 aliphatic heterocycles. The lowest BCUT2D eigenvalue weighted by atomic mass is 10.0. The molecule has 1 rings (SSSR count). The van der Waals surface area contributed by atoms with E-state index in [9.17, 15) is 9.59 Å². The molecule has 1 aliphatic rings. The van der Waals surface area contributed by atoms with Gasteiger partial charge in [-0.25, -0.2) is 4.79 Å². The van der Waals surface area contributed by atoms with Gasteiger partial charge in [-0.3, -0.25) is 4.79 Å². The summed E-state index contributed by atoms with van der Waals surface area (Å²) in [6.45, 7) is 1.57. The topological polar surface area (TPSA) is 76.0 Å². The van der Waals surface area contributed by atoms with E-state index in [1.54, 1.807) is 6.92 Å². The van der Waals surface area contributed by atoms with Gasteiger partial charge in [0.25, 0.3) is 0 Å². The third kappa shape index (κ3) is 1.54. The zero-order chi connectivity index (χ0) is 8.43. The quantitative estimate of drug-likeness (QED) is 0.573. The molecule has 1 unspecified atom stereocenters. The average molecular weight is 157 g/mol. The lowest BCUT2D eigenvalue weighted by Crippen LogP contribution is -2.19. The molecule has 11 heavy (non-hydrogen) atoms. The van der Waals surface area contributed by atoms with Gasteiger partial charge >= 0.3 is 11.9 Å². The first-order valence-corrected chi connectivity index (χ1v) is 3.08. The Hall–Kier alpha value is -1.39. The molecule has 0 aromatic carbocycles. The van der Waals surface area contributed by atoms with Gasteiger partial charge in [0.2, 0.25) is 0 Å². The maximum atomic E-state index is 10.7. The number of aliphatic carboxylic acids is 1. The molecule has 0 fully saturated rings. The molecule has 60 valence electrons. The van der Waals surface area contributed by atoms with Gasteiger partial charge in [0, 0.05) is 0 Å². The summed E-state index contributed by atoms with van der Waals surface area (Å²) in [5.41, 5.74) is 0.428. The van der Waals surface area contributed by atoms with Gasteiger partial charge in [0.15, 0.2) is 0 Å². The molecule has 0 saturated carbocycles. The second kappa shape index (κ2) is 2.69. The van der Waals surface area contributed by atoms with Gasteiger partial charge in [-0.05, 0) is 6.92 Å². The number of hydrogen-bond donors (Lipinski definition) is 1. The van der Waals surface area contributed by atoms with Crippen molar-refractivity contribution in [2.24, 2.45) is 11.1 Å². The van der Waals surface area contributed by atoms with Gasteiger partial charge in [0.1, 0.15) is 5.92 Å². The first kappa shape index (κ1) is 7.71. The second-order valence-corrected chi connectivity index (χ2v) is 2.29. The van der Waals surface area contributed by atoms with Crippen LogP contribution in [0.1, 0.15) is 13.3 Å². The highest BCUT2D eigenvalue weighted by atomic mass is 16.7. The van der Waals surface area contributed by atoms with Crippen LogP contribution in [0.3, 0.4) is 0 Å². The van der Waals surface area contributed by atoms with E-state index >= 15 is 0 Å². The zero-order valence-corrected chi connectivity index (χ0v) is 5.90. The van der Waals surface area contributed by atoms with Crippen molar-refractivity contribution >= 4 is 17.7 Å². The van der Waals surface area contributed by atoms with Crippen molar-refractivity contribution in [3.8, 4) is 0 Å². The third-order valence-electron chi connectivity index (χ3n) is 1.45. The monoisotopic (exact) mass is 157 g/mol. The van der Waals surface area contributed by atoms with E-state index in [-0.39, 0.29) is 6.42 Å². The molecule has 5 nitrogen and oxygen atoms in total. The highest BCUT2D eigenvalue weighted by molar-refractivity contribution is 6.05. The number of carbonyl (C=O) groups excluding carboxylic acids is 1. The standard InChI is InChI=1S/C6H7NO4/c1-3-4(2-5(8)9)6(10)11-7-3/h4H,2H2,1H3,(H,8,9). The Bertz CT molecular complexity index is 233. The fourth-order valence-corrected chi connectivity index (χ4v) is 0.820. The summed E-state index contributed by atoms with van der Waals surface area (Å²) in [4.78, 5) is 25.2. The van der Waals surface area contributed by atoms with Crippen LogP contribution in [-0.4, -0.2) is 22.8 Å². The summed E-state index contributed by atoms with van der Waals surface area (Å²) in [6.07, 6.45) is -0.242. The van der Waals surface area contributed by atoms with Crippen molar-refractivity contribution < 1.29 is 19.5 Å². The molecule has 1 N–H and O–H groups in total. The van der Waals surface area contributed by atoms with Crippen LogP contribution in [0.4, 0.5) is 0 Å². The zero-order valence-electron chi connectivity index (χ0n) is 5.90. The normalized spacial score (nSPS) is 22.8. The van der Waals surface area contributed by atoms with E-state index in [0.717, 1.165) is 0 Å². The van der Waals surface area contributed by atoms with E-state index in [1.807, 2.05) is 0 Å². The third-order valence-corrected chi connectivity index (χ3v) is 1.45. The number of carbonyl (C=O) groups is 2. The van der Waals surface area contributed by atoms with Crippen LogP contribution in [0.2, 0.25) is 0 Å². The van der Waals surface area contributed by atoms with E-state index in [0.29, 0.717) is 5.71 Å². The summed E-state index contributed by atoms with van der Waals surface area (Å²) in [5, 5.41) is 11.7. The highest BCUT2D eigenvalue weighted by Gasteiger charge is 2.31. The lowest BCUT2D eigenvalue weighted by Gasteiger charge is -1.99. The number of rotatable bonds is 2. The van der Waals surface area contributed by atoms with Crippen LogP contribution in [0.25, 0.3) is 0 Å². The second-order valence-electron chi connectivity index (χ2n) is 2.29. The van der Waals surface area contributed by atoms with E-state index in [2.05, 4.69) is 9.99 Å². The van der Waals surface area contributed by atoms with Gasteiger partial charge in [-0.15, -0.1) is 0 Å². The van der Waals surface area contributed by atoms with Crippen LogP contribution in [-0.2, 0) is 14.4 Å². The number of carboxylic acids is 1. The fraction of sp³-hybridized carbons (Fsp3) is 0.500. The molecule has 0 aromatic rings. The van der Waals surface area contributed by atoms with Crippen LogP contribution in [0.15, 0.2) is 5.16 Å². The minimum Gasteiger partial charge on any atom is -0.481 e. The van der Waals surface area contributed by atoms with E-state index in [4.69, 9.17) is 5.11 Å². The molecule has 1 heterocycles. The summed E-state index contributed by atoms with van der Waals surface area (Å²) >= 11 is 0. The Labute approximate surface area is 62.6 Å². The van der Waals surface area contributed by atoms with Crippen LogP contribution in [0, 0.1) is 5.92 Å². The van der Waals surface area contributed by atoms with Gasteiger partial charge in [-0.1, -0.05) is 5.16 Å². The Kier molecular flexibility index (Phi) is 1.89. The molecular weight excluding hydrogens is 150 g/mol. The van der Waals surface area contributed by atoms with Crippen molar-refractivity contribution in [3.05, 3.63) is 0 Å². The summed E-state index contributed by atoms with van der Waals surface area (Å²) in [5.74, 6) is -2.29. The smallest absolute Gasteiger partial charge is 0.344 e. The highest BCUT2D eigenvalue weighted by Crippen LogP contribution is 2.15. The SMILES string of the molecule is CC1=NOC(=O)C1CC(=O)O. The Morgan fingerprint density at radius 3 is 2.82 bits per heavy atom. The molecular formula is C6H7NO4. The first-order valence-electron chi connectivity index (χ1n) is 3.08.